The van der Waals surface area contributed by atoms with E-state index < -0.39 is 0 Å². The lowest BCUT2D eigenvalue weighted by Crippen LogP contribution is -2.55. The standard InChI is InChI=1S/C46H31BN2O/c1-45(2)30-19-8-5-13-24(30)36-32(45)23-34-39-37(36)27-16-11-17-28-38-42(25-14-6-9-20-31(25)46(38,3)4)49(40(27)28)47(39)33-21-12-18-29-41(33)48(34)43-26-15-7-10-22-35(26)50-44(29)43/h5-23H,1-4H3. The average Bonchev–Trinajstić information content (AvgIpc) is 3.89. The first kappa shape index (κ1) is 26.2. The summed E-state index contributed by atoms with van der Waals surface area (Å²) in [6, 6.07) is 43.4. The van der Waals surface area contributed by atoms with E-state index in [9.17, 15) is 0 Å². The predicted octanol–water partition coefficient (Wildman–Crippen LogP) is 10.0. The van der Waals surface area contributed by atoms with Crippen LogP contribution in [0.2, 0.25) is 0 Å². The minimum absolute atomic E-state index is 0.00532. The summed E-state index contributed by atoms with van der Waals surface area (Å²) in [7, 11) is 0. The zero-order chi connectivity index (χ0) is 33.0. The number of nitrogens with zero attached hydrogens (tertiary/aromatic N) is 2. The van der Waals surface area contributed by atoms with Crippen LogP contribution in [0, 0.1) is 0 Å². The van der Waals surface area contributed by atoms with Crippen molar-refractivity contribution in [1.29, 1.82) is 0 Å². The lowest BCUT2D eigenvalue weighted by atomic mass is 9.45. The molecule has 4 heteroatoms. The van der Waals surface area contributed by atoms with E-state index in [1.165, 1.54) is 99.7 Å². The highest BCUT2D eigenvalue weighted by molar-refractivity contribution is 6.90. The van der Waals surface area contributed by atoms with Gasteiger partial charge in [-0.25, -0.2) is 0 Å². The number of hydrogen-bond donors (Lipinski definition) is 0. The second kappa shape index (κ2) is 8.00. The molecule has 50 heavy (non-hydrogen) atoms. The van der Waals surface area contributed by atoms with E-state index in [4.69, 9.17) is 4.42 Å². The first-order chi connectivity index (χ1) is 24.4. The molecule has 0 amide bonds. The van der Waals surface area contributed by atoms with Gasteiger partial charge in [0.25, 0.3) is 0 Å². The third-order valence-electron chi connectivity index (χ3n) is 13.1. The van der Waals surface area contributed by atoms with Crippen molar-refractivity contribution in [2.75, 3.05) is 0 Å². The van der Waals surface area contributed by atoms with Crippen molar-refractivity contribution in [2.45, 2.75) is 38.5 Å². The van der Waals surface area contributed by atoms with Gasteiger partial charge < -0.3 is 13.5 Å². The molecule has 0 unspecified atom stereocenters. The summed E-state index contributed by atoms with van der Waals surface area (Å²) in [5, 5.41) is 3.72. The topological polar surface area (TPSA) is 23.0 Å². The Labute approximate surface area is 289 Å². The van der Waals surface area contributed by atoms with Gasteiger partial charge >= 0.3 is 6.85 Å². The van der Waals surface area contributed by atoms with Gasteiger partial charge in [0.05, 0.1) is 5.52 Å². The van der Waals surface area contributed by atoms with Crippen molar-refractivity contribution in [1.82, 2.24) is 9.05 Å². The molecule has 234 valence electrons. The highest BCUT2D eigenvalue weighted by Gasteiger charge is 2.50. The van der Waals surface area contributed by atoms with E-state index in [-0.39, 0.29) is 17.7 Å². The van der Waals surface area contributed by atoms with Crippen LogP contribution in [0.15, 0.2) is 120 Å². The number of benzene rings is 6. The molecular formula is C46H31BN2O. The van der Waals surface area contributed by atoms with Gasteiger partial charge in [-0.05, 0) is 74.1 Å². The molecule has 2 aliphatic carbocycles. The highest BCUT2D eigenvalue weighted by atomic mass is 16.3. The molecule has 0 N–H and O–H groups in total. The summed E-state index contributed by atoms with van der Waals surface area (Å²) in [5.74, 6) is 0. The van der Waals surface area contributed by atoms with Crippen molar-refractivity contribution < 1.29 is 4.42 Å². The largest absolute Gasteiger partial charge is 0.454 e. The Hall–Kier alpha value is -5.74. The fourth-order valence-electron chi connectivity index (χ4n) is 11.1. The summed E-state index contributed by atoms with van der Waals surface area (Å²) >= 11 is 0. The Morgan fingerprint density at radius 3 is 2.10 bits per heavy atom. The number of aromatic nitrogens is 2. The molecule has 0 spiro atoms. The third-order valence-corrected chi connectivity index (χ3v) is 13.1. The molecule has 6 aromatic carbocycles. The van der Waals surface area contributed by atoms with Gasteiger partial charge in [0.2, 0.25) is 0 Å². The van der Waals surface area contributed by atoms with Crippen LogP contribution in [0.5, 0.6) is 0 Å². The van der Waals surface area contributed by atoms with Gasteiger partial charge in [0.1, 0.15) is 11.1 Å². The van der Waals surface area contributed by atoms with Crippen LogP contribution in [-0.4, -0.2) is 15.9 Å². The maximum Gasteiger partial charge on any atom is 0.333 e. The molecule has 3 nitrogen and oxygen atoms in total. The summed E-state index contributed by atoms with van der Waals surface area (Å²) in [6.45, 7) is 9.68. The number of rotatable bonds is 0. The molecule has 0 radical (unpaired) electrons. The van der Waals surface area contributed by atoms with Crippen molar-refractivity contribution >= 4 is 61.6 Å². The van der Waals surface area contributed by atoms with Gasteiger partial charge in [0, 0.05) is 55.0 Å². The minimum atomic E-state index is -0.149. The van der Waals surface area contributed by atoms with E-state index in [0.29, 0.717) is 0 Å². The molecule has 13 rings (SSSR count). The Balaban J connectivity index is 1.32. The second-order valence-corrected chi connectivity index (χ2v) is 16.0. The number of fused-ring (bicyclic) bond motifs is 18. The zero-order valence-corrected chi connectivity index (χ0v) is 28.3. The Morgan fingerprint density at radius 1 is 0.560 bits per heavy atom. The minimum Gasteiger partial charge on any atom is -0.454 e. The smallest absolute Gasteiger partial charge is 0.333 e. The SMILES string of the molecule is CC1(C)c2ccccc2-c2c1cc1c3c2-c2cccc4c5c(n(c24)B3c2cccc3c4oc6ccccc6c4n-1c23)-c1ccccc1C5(C)C. The third kappa shape index (κ3) is 2.57. The van der Waals surface area contributed by atoms with Crippen LogP contribution < -0.4 is 10.9 Å². The van der Waals surface area contributed by atoms with Crippen LogP contribution in [-0.2, 0) is 10.8 Å². The molecule has 4 aliphatic rings. The van der Waals surface area contributed by atoms with Crippen LogP contribution in [0.4, 0.5) is 0 Å². The molecule has 0 saturated carbocycles. The highest BCUT2D eigenvalue weighted by Crippen LogP contribution is 2.59. The average molecular weight is 639 g/mol. The molecule has 9 aromatic rings. The zero-order valence-electron chi connectivity index (χ0n) is 28.3. The Bertz CT molecular complexity index is 3110. The fourth-order valence-corrected chi connectivity index (χ4v) is 11.1. The van der Waals surface area contributed by atoms with Crippen molar-refractivity contribution in [2.24, 2.45) is 0 Å². The van der Waals surface area contributed by atoms with Crippen LogP contribution in [0.1, 0.15) is 49.9 Å². The molecule has 5 heterocycles. The lowest BCUT2D eigenvalue weighted by molar-refractivity contribution is 0.660. The first-order valence-corrected chi connectivity index (χ1v) is 17.9. The van der Waals surface area contributed by atoms with Crippen LogP contribution >= 0.6 is 0 Å². The number of hydrogen-bond acceptors (Lipinski definition) is 1. The van der Waals surface area contributed by atoms with Crippen molar-refractivity contribution in [3.05, 3.63) is 138 Å². The van der Waals surface area contributed by atoms with E-state index in [0.717, 1.165) is 16.6 Å². The van der Waals surface area contributed by atoms with Gasteiger partial charge in [-0.1, -0.05) is 119 Å². The van der Waals surface area contributed by atoms with E-state index in [1.54, 1.807) is 0 Å². The Kier molecular flexibility index (Phi) is 4.19. The second-order valence-electron chi connectivity index (χ2n) is 16.0. The molecule has 0 atom stereocenters. The number of furan rings is 1. The lowest BCUT2D eigenvalue weighted by Gasteiger charge is -2.36. The molecule has 3 aromatic heterocycles. The quantitative estimate of drug-likeness (QED) is 0.152. The van der Waals surface area contributed by atoms with E-state index >= 15 is 0 Å². The van der Waals surface area contributed by atoms with Gasteiger partial charge in [-0.15, -0.1) is 0 Å². The Morgan fingerprint density at radius 2 is 1.24 bits per heavy atom. The monoisotopic (exact) mass is 638 g/mol. The van der Waals surface area contributed by atoms with Crippen LogP contribution in [0.25, 0.3) is 83.1 Å². The first-order valence-electron chi connectivity index (χ1n) is 17.9. The van der Waals surface area contributed by atoms with Crippen molar-refractivity contribution in [3.63, 3.8) is 0 Å². The van der Waals surface area contributed by atoms with Gasteiger partial charge in [0.15, 0.2) is 5.58 Å². The molecule has 0 fully saturated rings. The molecule has 2 aliphatic heterocycles. The summed E-state index contributed by atoms with van der Waals surface area (Å²) in [5.41, 5.74) is 23.4. The molecule has 0 bridgehead atoms. The van der Waals surface area contributed by atoms with Gasteiger partial charge in [-0.3, -0.25) is 0 Å². The number of para-hydroxylation sites is 3. The van der Waals surface area contributed by atoms with E-state index in [2.05, 4.69) is 152 Å². The summed E-state index contributed by atoms with van der Waals surface area (Å²) in [4.78, 5) is 0. The molecule has 0 saturated heterocycles. The van der Waals surface area contributed by atoms with Gasteiger partial charge in [-0.2, -0.15) is 0 Å². The predicted molar refractivity (Wildman–Crippen MR) is 207 cm³/mol. The normalized spacial score (nSPS) is 16.3. The summed E-state index contributed by atoms with van der Waals surface area (Å²) < 4.78 is 12.1. The fraction of sp³-hybridized carbons (Fsp3) is 0.130. The maximum absolute atomic E-state index is 6.77. The van der Waals surface area contributed by atoms with Crippen molar-refractivity contribution in [3.8, 4) is 39.2 Å². The summed E-state index contributed by atoms with van der Waals surface area (Å²) in [6.07, 6.45) is 0. The van der Waals surface area contributed by atoms with E-state index in [1.807, 2.05) is 0 Å². The molecular weight excluding hydrogens is 607 g/mol. The van der Waals surface area contributed by atoms with Crippen LogP contribution in [0.3, 0.4) is 0 Å². The maximum atomic E-state index is 6.77.